The zero-order valence-corrected chi connectivity index (χ0v) is 15.8. The Balaban J connectivity index is 0.00000312. The van der Waals surface area contributed by atoms with Gasteiger partial charge in [0.15, 0.2) is 6.10 Å². The fourth-order valence-electron chi connectivity index (χ4n) is 2.43. The van der Waals surface area contributed by atoms with Crippen LogP contribution >= 0.6 is 12.4 Å². The largest absolute Gasteiger partial charge is 0.481 e. The second-order valence-electron chi connectivity index (χ2n) is 5.85. The van der Waals surface area contributed by atoms with Crippen LogP contribution in [0.1, 0.15) is 20.8 Å². The normalized spacial score (nSPS) is 12.6. The van der Waals surface area contributed by atoms with Gasteiger partial charge < -0.3 is 15.4 Å². The highest BCUT2D eigenvalue weighted by Crippen LogP contribution is 2.22. The number of benzene rings is 2. The fraction of sp³-hybridized carbons (Fsp3) is 0.350. The van der Waals surface area contributed by atoms with E-state index in [-0.39, 0.29) is 24.4 Å². The SMILES string of the molecule is CCN[C@H](C)CNC(=O)C(C)Oc1ccc(-c2ccccc2)cc1.Cl. The molecule has 2 rings (SSSR count). The molecule has 0 saturated carbocycles. The lowest BCUT2D eigenvalue weighted by Gasteiger charge is -2.17. The van der Waals surface area contributed by atoms with E-state index >= 15 is 0 Å². The van der Waals surface area contributed by atoms with Crippen molar-refractivity contribution in [3.63, 3.8) is 0 Å². The van der Waals surface area contributed by atoms with Gasteiger partial charge in [-0.2, -0.15) is 0 Å². The molecule has 0 bridgehead atoms. The zero-order valence-electron chi connectivity index (χ0n) is 15.0. The molecule has 0 radical (unpaired) electrons. The standard InChI is InChI=1S/C20H26N2O2.ClH/c1-4-21-15(2)14-22-20(23)16(3)24-19-12-10-18(11-13-19)17-8-6-5-7-9-17;/h5-13,15-16,21H,4,14H2,1-3H3,(H,22,23);1H/t15-,16?;/m1./s1. The Morgan fingerprint density at radius 3 is 2.20 bits per heavy atom. The smallest absolute Gasteiger partial charge is 0.260 e. The molecule has 2 atom stereocenters. The molecule has 0 aliphatic heterocycles. The van der Waals surface area contributed by atoms with Crippen molar-refractivity contribution in [1.82, 2.24) is 10.6 Å². The van der Waals surface area contributed by atoms with E-state index in [2.05, 4.69) is 22.8 Å². The number of hydrogen-bond donors (Lipinski definition) is 2. The molecule has 1 amide bonds. The van der Waals surface area contributed by atoms with Crippen molar-refractivity contribution < 1.29 is 9.53 Å². The number of carbonyl (C=O) groups excluding carboxylic acids is 1. The molecule has 4 nitrogen and oxygen atoms in total. The highest BCUT2D eigenvalue weighted by molar-refractivity contribution is 5.85. The summed E-state index contributed by atoms with van der Waals surface area (Å²) in [6.45, 7) is 7.32. The van der Waals surface area contributed by atoms with Gasteiger partial charge in [-0.05, 0) is 43.7 Å². The van der Waals surface area contributed by atoms with Crippen LogP contribution in [0.4, 0.5) is 0 Å². The van der Waals surface area contributed by atoms with Gasteiger partial charge >= 0.3 is 0 Å². The van der Waals surface area contributed by atoms with E-state index in [1.54, 1.807) is 6.92 Å². The van der Waals surface area contributed by atoms with Gasteiger partial charge in [0.2, 0.25) is 0 Å². The van der Waals surface area contributed by atoms with E-state index in [4.69, 9.17) is 4.74 Å². The summed E-state index contributed by atoms with van der Waals surface area (Å²) in [5, 5.41) is 6.15. The topological polar surface area (TPSA) is 50.4 Å². The third-order valence-electron chi connectivity index (χ3n) is 3.78. The molecular formula is C20H27ClN2O2. The molecule has 5 heteroatoms. The Kier molecular flexibility index (Phi) is 9.03. The fourth-order valence-corrected chi connectivity index (χ4v) is 2.43. The third kappa shape index (κ3) is 6.77. The Morgan fingerprint density at radius 1 is 1.00 bits per heavy atom. The first-order valence-electron chi connectivity index (χ1n) is 8.43. The van der Waals surface area contributed by atoms with Crippen molar-refractivity contribution in [3.05, 3.63) is 54.6 Å². The van der Waals surface area contributed by atoms with Gasteiger partial charge in [0, 0.05) is 12.6 Å². The molecule has 0 fully saturated rings. The molecule has 0 saturated heterocycles. The zero-order chi connectivity index (χ0) is 17.4. The third-order valence-corrected chi connectivity index (χ3v) is 3.78. The molecule has 1 unspecified atom stereocenters. The van der Waals surface area contributed by atoms with Crippen molar-refractivity contribution >= 4 is 18.3 Å². The van der Waals surface area contributed by atoms with Crippen LogP contribution in [0, 0.1) is 0 Å². The first kappa shape index (κ1) is 21.0. The highest BCUT2D eigenvalue weighted by atomic mass is 35.5. The lowest BCUT2D eigenvalue weighted by Crippen LogP contribution is -2.43. The van der Waals surface area contributed by atoms with Crippen molar-refractivity contribution in [1.29, 1.82) is 0 Å². The summed E-state index contributed by atoms with van der Waals surface area (Å²) in [7, 11) is 0. The van der Waals surface area contributed by atoms with Gasteiger partial charge in [-0.3, -0.25) is 4.79 Å². The summed E-state index contributed by atoms with van der Waals surface area (Å²) < 4.78 is 5.73. The predicted octanol–water partition coefficient (Wildman–Crippen LogP) is 3.66. The molecule has 0 spiro atoms. The lowest BCUT2D eigenvalue weighted by molar-refractivity contribution is -0.127. The molecule has 0 aromatic heterocycles. The number of rotatable bonds is 8. The van der Waals surface area contributed by atoms with E-state index in [0.29, 0.717) is 12.3 Å². The lowest BCUT2D eigenvalue weighted by atomic mass is 10.1. The van der Waals surface area contributed by atoms with Crippen LogP contribution in [0.2, 0.25) is 0 Å². The van der Waals surface area contributed by atoms with Crippen molar-refractivity contribution in [2.75, 3.05) is 13.1 Å². The van der Waals surface area contributed by atoms with Crippen LogP contribution in [0.25, 0.3) is 11.1 Å². The Morgan fingerprint density at radius 2 is 1.60 bits per heavy atom. The quantitative estimate of drug-likeness (QED) is 0.753. The number of likely N-dealkylation sites (N-methyl/N-ethyl adjacent to an activating group) is 1. The van der Waals surface area contributed by atoms with Crippen LogP contribution in [-0.4, -0.2) is 31.1 Å². The minimum absolute atomic E-state index is 0. The Labute approximate surface area is 156 Å². The van der Waals surface area contributed by atoms with Crippen molar-refractivity contribution in [2.24, 2.45) is 0 Å². The highest BCUT2D eigenvalue weighted by Gasteiger charge is 2.15. The van der Waals surface area contributed by atoms with Gasteiger partial charge in [-0.25, -0.2) is 0 Å². The average Bonchev–Trinajstić information content (AvgIpc) is 2.61. The number of hydrogen-bond acceptors (Lipinski definition) is 3. The summed E-state index contributed by atoms with van der Waals surface area (Å²) in [5.74, 6) is 0.587. The van der Waals surface area contributed by atoms with Crippen LogP contribution in [-0.2, 0) is 4.79 Å². The van der Waals surface area contributed by atoms with Gasteiger partial charge in [0.05, 0.1) is 0 Å². The number of nitrogens with one attached hydrogen (secondary N) is 2. The number of carbonyl (C=O) groups is 1. The molecule has 136 valence electrons. The second kappa shape index (κ2) is 10.7. The molecule has 2 aromatic carbocycles. The van der Waals surface area contributed by atoms with E-state index in [0.717, 1.165) is 17.7 Å². The van der Waals surface area contributed by atoms with E-state index < -0.39 is 6.10 Å². The molecule has 0 heterocycles. The Bertz CT molecular complexity index is 632. The van der Waals surface area contributed by atoms with Crippen LogP contribution in [0.15, 0.2) is 54.6 Å². The average molecular weight is 363 g/mol. The number of amides is 1. The van der Waals surface area contributed by atoms with Gasteiger partial charge in [-0.1, -0.05) is 49.4 Å². The van der Waals surface area contributed by atoms with Gasteiger partial charge in [-0.15, -0.1) is 12.4 Å². The van der Waals surface area contributed by atoms with Gasteiger partial charge in [0.25, 0.3) is 5.91 Å². The maximum atomic E-state index is 12.1. The van der Waals surface area contributed by atoms with E-state index in [9.17, 15) is 4.79 Å². The van der Waals surface area contributed by atoms with Crippen LogP contribution < -0.4 is 15.4 Å². The minimum Gasteiger partial charge on any atom is -0.481 e. The second-order valence-corrected chi connectivity index (χ2v) is 5.85. The van der Waals surface area contributed by atoms with E-state index in [1.807, 2.05) is 56.3 Å². The van der Waals surface area contributed by atoms with E-state index in [1.165, 1.54) is 0 Å². The van der Waals surface area contributed by atoms with Crippen LogP contribution in [0.5, 0.6) is 5.75 Å². The summed E-state index contributed by atoms with van der Waals surface area (Å²) in [6, 6.07) is 18.2. The minimum atomic E-state index is -0.526. The van der Waals surface area contributed by atoms with Crippen molar-refractivity contribution in [2.45, 2.75) is 32.9 Å². The van der Waals surface area contributed by atoms with Crippen molar-refractivity contribution in [3.8, 4) is 16.9 Å². The predicted molar refractivity (Wildman–Crippen MR) is 105 cm³/mol. The monoisotopic (exact) mass is 362 g/mol. The molecule has 2 N–H and O–H groups in total. The number of halogens is 1. The number of ether oxygens (including phenoxy) is 1. The Hall–Kier alpha value is -2.04. The molecule has 2 aromatic rings. The summed E-state index contributed by atoms with van der Waals surface area (Å²) in [4.78, 5) is 12.1. The summed E-state index contributed by atoms with van der Waals surface area (Å²) >= 11 is 0. The first-order valence-corrected chi connectivity index (χ1v) is 8.43. The summed E-state index contributed by atoms with van der Waals surface area (Å²) in [6.07, 6.45) is -0.526. The van der Waals surface area contributed by atoms with Crippen LogP contribution in [0.3, 0.4) is 0 Å². The molecular weight excluding hydrogens is 336 g/mol. The molecule has 25 heavy (non-hydrogen) atoms. The molecule has 0 aliphatic carbocycles. The maximum Gasteiger partial charge on any atom is 0.260 e. The maximum absolute atomic E-state index is 12.1. The first-order chi connectivity index (χ1) is 11.6. The van der Waals surface area contributed by atoms with Gasteiger partial charge in [0.1, 0.15) is 5.75 Å². The molecule has 0 aliphatic rings. The summed E-state index contributed by atoms with van der Waals surface area (Å²) in [5.41, 5.74) is 2.28.